The van der Waals surface area contributed by atoms with Crippen molar-refractivity contribution in [1.82, 2.24) is 0 Å². The summed E-state index contributed by atoms with van der Waals surface area (Å²) in [6.07, 6.45) is 38.7. The fourth-order valence-electron chi connectivity index (χ4n) is 5.64. The van der Waals surface area contributed by atoms with Gasteiger partial charge in [0.2, 0.25) is 0 Å². The Hall–Kier alpha value is -1.51. The van der Waals surface area contributed by atoms with Crippen LogP contribution in [0.4, 0.5) is 0 Å². The topological polar surface area (TPSA) is 134 Å². The molecule has 0 saturated heterocycles. The lowest BCUT2D eigenvalue weighted by Gasteiger charge is -2.19. The van der Waals surface area contributed by atoms with Crippen molar-refractivity contribution >= 4 is 19.8 Å². The van der Waals surface area contributed by atoms with E-state index < -0.39 is 39.1 Å². The van der Waals surface area contributed by atoms with Crippen molar-refractivity contribution in [1.29, 1.82) is 0 Å². The fraction of sp³-hybridized carbons (Fsp3) is 0.854. The van der Waals surface area contributed by atoms with E-state index in [4.69, 9.17) is 21.1 Å². The van der Waals surface area contributed by atoms with Gasteiger partial charge in [-0.2, -0.15) is 0 Å². The molecular weight excluding hydrogens is 665 g/mol. The number of carbonyl (C=O) groups excluding carboxylic acids is 2. The second-order valence-corrected chi connectivity index (χ2v) is 15.1. The molecule has 3 atom stereocenters. The number of esters is 2. The van der Waals surface area contributed by atoms with Gasteiger partial charge in [0.15, 0.2) is 6.10 Å². The highest BCUT2D eigenvalue weighted by atomic mass is 31.2. The van der Waals surface area contributed by atoms with Gasteiger partial charge in [0, 0.05) is 19.4 Å². The van der Waals surface area contributed by atoms with Crippen LogP contribution in [0.5, 0.6) is 0 Å². The zero-order valence-electron chi connectivity index (χ0n) is 33.7. The lowest BCUT2D eigenvalue weighted by Crippen LogP contribution is -2.29. The summed E-state index contributed by atoms with van der Waals surface area (Å²) in [6.45, 7) is 1.92. The molecule has 0 aliphatic heterocycles. The van der Waals surface area contributed by atoms with Crippen LogP contribution in [0.15, 0.2) is 24.3 Å². The standard InChI is InChI=1S/C41H78NO8P/c1-3-5-7-9-11-13-15-17-19-21-23-25-27-29-31-33-40(43)47-37-39(38-49-51(45,46)48-36-35-42)50-41(44)34-32-30-28-26-24-22-20-18-16-14-12-10-8-6-4-2/h17-20,39H,3-16,21-38,42H2,1-2H3,(H,45,46)/b19-17-,20-18-/t39-/m1/s1/i36D/t36?,39-. The molecule has 0 aromatic heterocycles. The molecule has 300 valence electrons. The summed E-state index contributed by atoms with van der Waals surface area (Å²) in [4.78, 5) is 34.9. The summed E-state index contributed by atoms with van der Waals surface area (Å²) in [5.74, 6) is -0.915. The number of carbonyl (C=O) groups is 2. The molecule has 51 heavy (non-hydrogen) atoms. The molecule has 0 aromatic rings. The Kier molecular flexibility index (Phi) is 35.6. The molecule has 0 amide bonds. The maximum absolute atomic E-state index is 12.6. The number of ether oxygens (including phenoxy) is 2. The molecule has 9 nitrogen and oxygen atoms in total. The Morgan fingerprint density at radius 2 is 1.00 bits per heavy atom. The van der Waals surface area contributed by atoms with Gasteiger partial charge in [0.1, 0.15) is 6.61 Å². The van der Waals surface area contributed by atoms with Gasteiger partial charge < -0.3 is 20.1 Å². The number of unbranched alkanes of at least 4 members (excludes halogenated alkanes) is 22. The Morgan fingerprint density at radius 1 is 0.608 bits per heavy atom. The van der Waals surface area contributed by atoms with Crippen molar-refractivity contribution in [3.05, 3.63) is 24.3 Å². The second kappa shape index (κ2) is 38.2. The zero-order chi connectivity index (χ0) is 38.4. The number of hydrogen-bond donors (Lipinski definition) is 2. The van der Waals surface area contributed by atoms with Gasteiger partial charge in [-0.1, -0.05) is 141 Å². The van der Waals surface area contributed by atoms with Crippen LogP contribution in [0.25, 0.3) is 0 Å². The molecule has 0 saturated carbocycles. The molecule has 0 rings (SSSR count). The van der Waals surface area contributed by atoms with Crippen molar-refractivity contribution in [2.45, 2.75) is 200 Å². The summed E-state index contributed by atoms with van der Waals surface area (Å²) >= 11 is 0. The molecule has 0 fully saturated rings. The van der Waals surface area contributed by atoms with E-state index in [0.717, 1.165) is 64.2 Å². The average Bonchev–Trinajstić information content (AvgIpc) is 3.12. The number of nitrogens with two attached hydrogens (primary N) is 1. The van der Waals surface area contributed by atoms with Crippen molar-refractivity contribution < 1.29 is 38.9 Å². The summed E-state index contributed by atoms with van der Waals surface area (Å²) in [5, 5.41) is 0. The first-order valence-electron chi connectivity index (χ1n) is 21.2. The quantitative estimate of drug-likeness (QED) is 0.0273. The molecule has 3 N–H and O–H groups in total. The summed E-state index contributed by atoms with van der Waals surface area (Å²) < 4.78 is 40.1. The minimum absolute atomic E-state index is 0.187. The van der Waals surface area contributed by atoms with E-state index >= 15 is 0 Å². The van der Waals surface area contributed by atoms with Crippen molar-refractivity contribution in [3.63, 3.8) is 0 Å². The largest absolute Gasteiger partial charge is 0.472 e. The van der Waals surface area contributed by atoms with E-state index in [2.05, 4.69) is 42.7 Å². The van der Waals surface area contributed by atoms with Gasteiger partial charge in [0.25, 0.3) is 0 Å². The number of hydrogen-bond acceptors (Lipinski definition) is 8. The van der Waals surface area contributed by atoms with Crippen molar-refractivity contribution in [3.8, 4) is 0 Å². The third-order valence-corrected chi connectivity index (χ3v) is 9.63. The highest BCUT2D eigenvalue weighted by Crippen LogP contribution is 2.43. The van der Waals surface area contributed by atoms with E-state index in [0.29, 0.717) is 12.8 Å². The predicted molar refractivity (Wildman–Crippen MR) is 211 cm³/mol. The Balaban J connectivity index is 4.28. The number of phosphoric acid groups is 1. The van der Waals surface area contributed by atoms with Gasteiger partial charge in [-0.15, -0.1) is 0 Å². The second-order valence-electron chi connectivity index (χ2n) is 13.7. The Labute approximate surface area is 314 Å². The summed E-state index contributed by atoms with van der Waals surface area (Å²) in [6, 6.07) is 0. The average molecular weight is 745 g/mol. The minimum atomic E-state index is -4.62. The first-order valence-corrected chi connectivity index (χ1v) is 22.2. The van der Waals surface area contributed by atoms with E-state index in [1.54, 1.807) is 0 Å². The van der Waals surface area contributed by atoms with Gasteiger partial charge in [0.05, 0.1) is 14.6 Å². The van der Waals surface area contributed by atoms with Crippen LogP contribution < -0.4 is 5.73 Å². The molecule has 0 aromatic carbocycles. The predicted octanol–water partition coefficient (Wildman–Crippen LogP) is 11.6. The number of allylic oxidation sites excluding steroid dienone is 4. The highest BCUT2D eigenvalue weighted by molar-refractivity contribution is 7.47. The maximum Gasteiger partial charge on any atom is 0.472 e. The van der Waals surface area contributed by atoms with Crippen molar-refractivity contribution in [2.75, 3.05) is 26.3 Å². The first-order chi connectivity index (χ1) is 25.2. The molecule has 10 heteroatoms. The Bertz CT molecular complexity index is 934. The summed E-state index contributed by atoms with van der Waals surface area (Å²) in [5.41, 5.74) is 5.29. The monoisotopic (exact) mass is 745 g/mol. The van der Waals surface area contributed by atoms with Crippen LogP contribution >= 0.6 is 7.82 Å². The molecule has 0 radical (unpaired) electrons. The van der Waals surface area contributed by atoms with E-state index in [-0.39, 0.29) is 26.0 Å². The van der Waals surface area contributed by atoms with Gasteiger partial charge in [-0.3, -0.25) is 18.6 Å². The van der Waals surface area contributed by atoms with Crippen molar-refractivity contribution in [2.24, 2.45) is 5.73 Å². The SMILES string of the molecule is [2H]C(CN)OP(=O)(O)OC[C@@H](COC(=O)CCCCCCC/C=C\CCCCCCCC)OC(=O)CCCCCCC/C=C\CCCCCCCC. The van der Waals surface area contributed by atoms with Gasteiger partial charge in [-0.25, -0.2) is 4.57 Å². The minimum Gasteiger partial charge on any atom is -0.462 e. The third kappa shape index (κ3) is 38.0. The Morgan fingerprint density at radius 3 is 1.43 bits per heavy atom. The first kappa shape index (κ1) is 47.5. The smallest absolute Gasteiger partial charge is 0.462 e. The van der Waals surface area contributed by atoms with Crippen LogP contribution in [-0.4, -0.2) is 49.3 Å². The van der Waals surface area contributed by atoms with E-state index in [1.165, 1.54) is 89.9 Å². The molecule has 0 spiro atoms. The number of phosphoric ester groups is 1. The van der Waals surface area contributed by atoms with Gasteiger partial charge in [-0.05, 0) is 64.2 Å². The molecule has 2 unspecified atom stereocenters. The molecule has 0 bridgehead atoms. The normalized spacial score (nSPS) is 14.5. The van der Waals surface area contributed by atoms with Crippen LogP contribution in [0.2, 0.25) is 0 Å². The van der Waals surface area contributed by atoms with E-state index in [1.807, 2.05) is 0 Å². The lowest BCUT2D eigenvalue weighted by atomic mass is 10.1. The van der Waals surface area contributed by atoms with Crippen LogP contribution in [-0.2, 0) is 32.7 Å². The maximum atomic E-state index is 12.6. The van der Waals surface area contributed by atoms with Crippen LogP contribution in [0, 0.1) is 0 Å². The highest BCUT2D eigenvalue weighted by Gasteiger charge is 2.26. The molecule has 0 aliphatic rings. The molecule has 0 heterocycles. The summed E-state index contributed by atoms with van der Waals surface area (Å²) in [7, 11) is -4.62. The zero-order valence-corrected chi connectivity index (χ0v) is 33.6. The van der Waals surface area contributed by atoms with Crippen LogP contribution in [0.1, 0.15) is 195 Å². The lowest BCUT2D eigenvalue weighted by molar-refractivity contribution is -0.161. The molecule has 0 aliphatic carbocycles. The fourth-order valence-corrected chi connectivity index (χ4v) is 6.33. The third-order valence-electron chi connectivity index (χ3n) is 8.74. The number of rotatable bonds is 39. The van der Waals surface area contributed by atoms with Crippen LogP contribution in [0.3, 0.4) is 0 Å². The van der Waals surface area contributed by atoms with E-state index in [9.17, 15) is 19.0 Å². The van der Waals surface area contributed by atoms with Gasteiger partial charge >= 0.3 is 19.8 Å². The molecular formula is C41H78NO8P.